The number of carbonyl (C=O) groups excluding carboxylic acids is 1. The number of ketones is 1. The van der Waals surface area contributed by atoms with Crippen LogP contribution in [0.1, 0.15) is 39.5 Å². The molecule has 26 heavy (non-hydrogen) atoms. The van der Waals surface area contributed by atoms with Gasteiger partial charge in [-0.05, 0) is 25.7 Å². The van der Waals surface area contributed by atoms with Gasteiger partial charge in [0.2, 0.25) is 5.78 Å². The summed E-state index contributed by atoms with van der Waals surface area (Å²) in [6.45, 7) is 0. The largest absolute Gasteiger partial charge is 0.287 e. The highest BCUT2D eigenvalue weighted by Crippen LogP contribution is 2.35. The Morgan fingerprint density at radius 3 is 2.38 bits per heavy atom. The summed E-state index contributed by atoms with van der Waals surface area (Å²) in [6, 6.07) is 19.6. The maximum atomic E-state index is 13.4. The average Bonchev–Trinajstić information content (AvgIpc) is 3.25. The van der Waals surface area contributed by atoms with Gasteiger partial charge in [0.1, 0.15) is 11.4 Å². The Morgan fingerprint density at radius 1 is 0.923 bits per heavy atom. The normalized spacial score (nSPS) is 13.7. The molecular weight excluding hydrogens is 340 g/mol. The number of thiazole rings is 1. The number of carbonyl (C=O) groups is 1. The fourth-order valence-corrected chi connectivity index (χ4v) is 4.98. The first-order valence-corrected chi connectivity index (χ1v) is 9.83. The van der Waals surface area contributed by atoms with Crippen LogP contribution in [0, 0.1) is 0 Å². The number of benzene rings is 2. The van der Waals surface area contributed by atoms with E-state index in [1.54, 1.807) is 11.3 Å². The summed E-state index contributed by atoms with van der Waals surface area (Å²) in [5, 5.41) is 0. The molecule has 0 bridgehead atoms. The van der Waals surface area contributed by atoms with Crippen LogP contribution in [0.3, 0.4) is 0 Å². The molecule has 0 atom stereocenters. The van der Waals surface area contributed by atoms with Crippen LogP contribution in [0.4, 0.5) is 0 Å². The third kappa shape index (κ3) is 2.41. The van der Waals surface area contributed by atoms with Crippen LogP contribution < -0.4 is 0 Å². The van der Waals surface area contributed by atoms with Crippen molar-refractivity contribution in [3.63, 3.8) is 0 Å². The maximum Gasteiger partial charge on any atom is 0.212 e. The number of aryl methyl sites for hydroxylation is 2. The van der Waals surface area contributed by atoms with E-state index < -0.39 is 0 Å². The minimum Gasteiger partial charge on any atom is -0.287 e. The summed E-state index contributed by atoms with van der Waals surface area (Å²) < 4.78 is 2.14. The fourth-order valence-electron chi connectivity index (χ4n) is 3.77. The van der Waals surface area contributed by atoms with Gasteiger partial charge in [0.25, 0.3) is 0 Å². The summed E-state index contributed by atoms with van der Waals surface area (Å²) in [5.74, 6) is 0.0446. The molecule has 2 aromatic carbocycles. The molecule has 0 unspecified atom stereocenters. The van der Waals surface area contributed by atoms with Gasteiger partial charge in [-0.15, -0.1) is 11.3 Å². The van der Waals surface area contributed by atoms with E-state index in [1.165, 1.54) is 23.4 Å². The lowest BCUT2D eigenvalue weighted by molar-refractivity contribution is 0.103. The summed E-state index contributed by atoms with van der Waals surface area (Å²) in [7, 11) is 0. The first kappa shape index (κ1) is 15.5. The molecule has 3 nitrogen and oxygen atoms in total. The molecule has 0 saturated carbocycles. The van der Waals surface area contributed by atoms with Gasteiger partial charge >= 0.3 is 0 Å². The monoisotopic (exact) mass is 358 g/mol. The third-order valence-electron chi connectivity index (χ3n) is 5.02. The first-order valence-electron chi connectivity index (χ1n) is 9.01. The van der Waals surface area contributed by atoms with Crippen molar-refractivity contribution >= 4 is 22.1 Å². The summed E-state index contributed by atoms with van der Waals surface area (Å²) in [5.41, 5.74) is 4.48. The number of hydrogen-bond acceptors (Lipinski definition) is 3. The number of aromatic nitrogens is 2. The molecule has 0 fully saturated rings. The van der Waals surface area contributed by atoms with Gasteiger partial charge in [0, 0.05) is 21.7 Å². The van der Waals surface area contributed by atoms with Crippen molar-refractivity contribution in [3.05, 3.63) is 82.5 Å². The van der Waals surface area contributed by atoms with Crippen LogP contribution in [-0.4, -0.2) is 15.2 Å². The molecule has 4 aromatic rings. The van der Waals surface area contributed by atoms with Crippen molar-refractivity contribution in [2.45, 2.75) is 25.7 Å². The molecule has 1 aliphatic carbocycles. The lowest BCUT2D eigenvalue weighted by atomic mass is 10.0. The van der Waals surface area contributed by atoms with Crippen molar-refractivity contribution < 1.29 is 4.79 Å². The molecule has 2 heterocycles. The Bertz CT molecular complexity index is 1090. The van der Waals surface area contributed by atoms with Crippen LogP contribution in [0.15, 0.2) is 60.7 Å². The number of hydrogen-bond donors (Lipinski definition) is 0. The average molecular weight is 358 g/mol. The maximum absolute atomic E-state index is 13.4. The van der Waals surface area contributed by atoms with E-state index in [2.05, 4.69) is 4.40 Å². The first-order chi connectivity index (χ1) is 12.8. The lowest BCUT2D eigenvalue weighted by Gasteiger charge is -2.12. The zero-order valence-electron chi connectivity index (χ0n) is 14.3. The van der Waals surface area contributed by atoms with Gasteiger partial charge in [-0.1, -0.05) is 60.7 Å². The van der Waals surface area contributed by atoms with Gasteiger partial charge in [-0.25, -0.2) is 4.98 Å². The highest BCUT2D eigenvalue weighted by atomic mass is 32.1. The van der Waals surface area contributed by atoms with E-state index >= 15 is 0 Å². The molecule has 128 valence electrons. The van der Waals surface area contributed by atoms with Crippen LogP contribution in [-0.2, 0) is 12.8 Å². The Hall–Kier alpha value is -2.72. The van der Waals surface area contributed by atoms with E-state index in [1.807, 2.05) is 60.7 Å². The minimum atomic E-state index is 0.0446. The molecule has 1 aliphatic rings. The molecule has 0 spiro atoms. The van der Waals surface area contributed by atoms with E-state index in [4.69, 9.17) is 4.98 Å². The molecule has 2 aromatic heterocycles. The van der Waals surface area contributed by atoms with Gasteiger partial charge in [0.05, 0.1) is 0 Å². The molecule has 5 rings (SSSR count). The van der Waals surface area contributed by atoms with E-state index in [0.717, 1.165) is 29.1 Å². The van der Waals surface area contributed by atoms with Crippen LogP contribution in [0.25, 0.3) is 16.2 Å². The molecule has 0 amide bonds. The second-order valence-electron chi connectivity index (χ2n) is 6.67. The second kappa shape index (κ2) is 6.22. The molecule has 0 saturated heterocycles. The molecular formula is C22H18N2OS. The van der Waals surface area contributed by atoms with Crippen LogP contribution >= 0.6 is 11.3 Å². The highest BCUT2D eigenvalue weighted by Gasteiger charge is 2.27. The summed E-state index contributed by atoms with van der Waals surface area (Å²) in [4.78, 5) is 20.7. The molecule has 4 heteroatoms. The van der Waals surface area contributed by atoms with Crippen LogP contribution in [0.5, 0.6) is 0 Å². The number of rotatable bonds is 3. The van der Waals surface area contributed by atoms with Gasteiger partial charge < -0.3 is 0 Å². The van der Waals surface area contributed by atoms with E-state index in [9.17, 15) is 4.79 Å². The van der Waals surface area contributed by atoms with Crippen molar-refractivity contribution in [1.29, 1.82) is 0 Å². The fraction of sp³-hybridized carbons (Fsp3) is 0.182. The molecule has 0 aliphatic heterocycles. The Kier molecular flexibility index (Phi) is 3.71. The summed E-state index contributed by atoms with van der Waals surface area (Å²) >= 11 is 1.74. The van der Waals surface area contributed by atoms with Gasteiger partial charge in [-0.2, -0.15) is 0 Å². The predicted molar refractivity (Wildman–Crippen MR) is 105 cm³/mol. The van der Waals surface area contributed by atoms with E-state index in [0.29, 0.717) is 11.3 Å². The quantitative estimate of drug-likeness (QED) is 0.473. The number of nitrogens with zero attached hydrogens (tertiary/aromatic N) is 2. The van der Waals surface area contributed by atoms with Crippen molar-refractivity contribution in [1.82, 2.24) is 9.38 Å². The molecule has 0 radical (unpaired) electrons. The van der Waals surface area contributed by atoms with Gasteiger partial charge in [0.15, 0.2) is 4.96 Å². The molecule has 0 N–H and O–H groups in total. The zero-order chi connectivity index (χ0) is 17.5. The lowest BCUT2D eigenvalue weighted by Crippen LogP contribution is -2.11. The topological polar surface area (TPSA) is 34.4 Å². The smallest absolute Gasteiger partial charge is 0.212 e. The number of fused-ring (bicyclic) bond motifs is 3. The van der Waals surface area contributed by atoms with Crippen molar-refractivity contribution in [2.24, 2.45) is 0 Å². The van der Waals surface area contributed by atoms with Crippen molar-refractivity contribution in [3.8, 4) is 11.3 Å². The van der Waals surface area contributed by atoms with E-state index in [-0.39, 0.29) is 5.78 Å². The second-order valence-corrected chi connectivity index (χ2v) is 7.73. The highest BCUT2D eigenvalue weighted by molar-refractivity contribution is 7.17. The zero-order valence-corrected chi connectivity index (χ0v) is 15.1. The Labute approximate surface area is 156 Å². The Balaban J connectivity index is 1.80. The standard InChI is InChI=1S/C22H18N2OS/c25-21(16-11-5-2-6-12-16)20-19(15-9-3-1-4-10-15)23-22-24(20)17-13-7-8-14-18(17)26-22/h1-6,9-12H,7-8,13-14H2. The Morgan fingerprint density at radius 2 is 1.62 bits per heavy atom. The minimum absolute atomic E-state index is 0.0446. The SMILES string of the molecule is O=C(c1ccccc1)c1c(-c2ccccc2)nc2sc3c(n12)CCCC3. The number of imidazole rings is 1. The van der Waals surface area contributed by atoms with Crippen LogP contribution in [0.2, 0.25) is 0 Å². The van der Waals surface area contributed by atoms with Crippen molar-refractivity contribution in [2.75, 3.05) is 0 Å². The third-order valence-corrected chi connectivity index (χ3v) is 6.16. The van der Waals surface area contributed by atoms with Gasteiger partial charge in [-0.3, -0.25) is 9.20 Å². The predicted octanol–water partition coefficient (Wildman–Crippen LogP) is 5.17. The summed E-state index contributed by atoms with van der Waals surface area (Å²) in [6.07, 6.45) is 4.53.